The van der Waals surface area contributed by atoms with E-state index in [1.165, 1.54) is 19.3 Å². The number of aryl methyl sites for hydroxylation is 1. The second-order valence-electron chi connectivity index (χ2n) is 11.5. The van der Waals surface area contributed by atoms with Crippen molar-refractivity contribution in [3.05, 3.63) is 29.8 Å². The molecule has 1 aromatic carbocycles. The third kappa shape index (κ3) is 3.60. The maximum atomic E-state index is 12.8. The molecule has 0 amide bonds. The predicted octanol–water partition coefficient (Wildman–Crippen LogP) is 5.68. The summed E-state index contributed by atoms with van der Waals surface area (Å²) in [6.45, 7) is 6.76. The first kappa shape index (κ1) is 21.6. The molecule has 4 aliphatic carbocycles. The molecule has 5 rings (SSSR count). The molecule has 0 heterocycles. The van der Waals surface area contributed by atoms with Gasteiger partial charge in [0.2, 0.25) is 0 Å². The Morgan fingerprint density at radius 2 is 1.71 bits per heavy atom. The van der Waals surface area contributed by atoms with E-state index >= 15 is 0 Å². The first-order valence-electron chi connectivity index (χ1n) is 12.1. The van der Waals surface area contributed by atoms with Crippen molar-refractivity contribution in [2.75, 3.05) is 0 Å². The fourth-order valence-corrected chi connectivity index (χ4v) is 9.14. The smallest absolute Gasteiger partial charge is 0.297 e. The van der Waals surface area contributed by atoms with E-state index in [0.717, 1.165) is 44.1 Å². The molecule has 0 saturated heterocycles. The fraction of sp³-hybridized carbons (Fsp3) is 0.731. The lowest BCUT2D eigenvalue weighted by molar-refractivity contribution is -0.119. The standard InChI is InChI=1S/C26H36O4S/c1-17-4-7-21(8-5-17)31(28,29)30-20-10-13-26(3)18(14-20)6-9-22-23(26)11-12-25(2)16-19(27)15-24(22)25/h4-5,7-8,18,20,22-24H,6,9-16H2,1-3H3/t18-,20-,22-,23+,24+,25+,26-/m0/s1. The summed E-state index contributed by atoms with van der Waals surface area (Å²) in [5.74, 6) is 2.89. The lowest BCUT2D eigenvalue weighted by Crippen LogP contribution is -2.53. The fourth-order valence-electron chi connectivity index (χ4n) is 8.03. The van der Waals surface area contributed by atoms with Gasteiger partial charge in [-0.1, -0.05) is 31.5 Å². The molecule has 170 valence electrons. The number of carbonyl (C=O) groups is 1. The highest BCUT2D eigenvalue weighted by Crippen LogP contribution is 2.65. The minimum atomic E-state index is -3.72. The molecule has 4 saturated carbocycles. The number of hydrogen-bond acceptors (Lipinski definition) is 4. The van der Waals surface area contributed by atoms with Crippen molar-refractivity contribution in [3.8, 4) is 0 Å². The summed E-state index contributed by atoms with van der Waals surface area (Å²) in [6, 6.07) is 6.93. The normalized spacial score (nSPS) is 42.5. The van der Waals surface area contributed by atoms with Crippen LogP contribution in [0.25, 0.3) is 0 Å². The number of benzene rings is 1. The minimum absolute atomic E-state index is 0.220. The number of ketones is 1. The van der Waals surface area contributed by atoms with Crippen molar-refractivity contribution < 1.29 is 17.4 Å². The molecule has 0 spiro atoms. The number of rotatable bonds is 3. The highest BCUT2D eigenvalue weighted by atomic mass is 32.2. The van der Waals surface area contributed by atoms with Crippen LogP contribution in [0.2, 0.25) is 0 Å². The topological polar surface area (TPSA) is 60.4 Å². The average Bonchev–Trinajstić information content (AvgIpc) is 3.02. The molecule has 4 fully saturated rings. The highest BCUT2D eigenvalue weighted by molar-refractivity contribution is 7.86. The first-order chi connectivity index (χ1) is 14.6. The summed E-state index contributed by atoms with van der Waals surface area (Å²) >= 11 is 0. The zero-order chi connectivity index (χ0) is 22.0. The van der Waals surface area contributed by atoms with Crippen LogP contribution in [0.5, 0.6) is 0 Å². The van der Waals surface area contributed by atoms with Crippen LogP contribution >= 0.6 is 0 Å². The van der Waals surface area contributed by atoms with E-state index in [0.29, 0.717) is 29.5 Å². The Bertz CT molecular complexity index is 968. The molecule has 1 aromatic rings. The van der Waals surface area contributed by atoms with Crippen molar-refractivity contribution in [3.63, 3.8) is 0 Å². The molecule has 4 nitrogen and oxygen atoms in total. The summed E-state index contributed by atoms with van der Waals surface area (Å²) in [7, 11) is -3.72. The van der Waals surface area contributed by atoms with Crippen LogP contribution in [0.1, 0.15) is 77.2 Å². The molecule has 5 heteroatoms. The molecule has 0 bridgehead atoms. The lowest BCUT2D eigenvalue weighted by Gasteiger charge is -2.60. The highest BCUT2D eigenvalue weighted by Gasteiger charge is 2.59. The molecule has 0 unspecified atom stereocenters. The lowest BCUT2D eigenvalue weighted by atomic mass is 9.45. The van der Waals surface area contributed by atoms with E-state index in [9.17, 15) is 13.2 Å². The summed E-state index contributed by atoms with van der Waals surface area (Å²) in [5, 5.41) is 0. The van der Waals surface area contributed by atoms with Crippen molar-refractivity contribution in [2.45, 2.75) is 89.6 Å². The van der Waals surface area contributed by atoms with Gasteiger partial charge in [-0.15, -0.1) is 0 Å². The minimum Gasteiger partial charge on any atom is -0.300 e. The summed E-state index contributed by atoms with van der Waals surface area (Å²) < 4.78 is 31.4. The first-order valence-corrected chi connectivity index (χ1v) is 13.5. The van der Waals surface area contributed by atoms with E-state index < -0.39 is 10.1 Å². The molecular formula is C26H36O4S. The van der Waals surface area contributed by atoms with Crippen molar-refractivity contribution in [2.24, 2.45) is 34.5 Å². The van der Waals surface area contributed by atoms with Gasteiger partial charge in [0.25, 0.3) is 10.1 Å². The second-order valence-corrected chi connectivity index (χ2v) is 13.1. The predicted molar refractivity (Wildman–Crippen MR) is 120 cm³/mol. The van der Waals surface area contributed by atoms with Gasteiger partial charge in [-0.3, -0.25) is 8.98 Å². The van der Waals surface area contributed by atoms with Gasteiger partial charge in [-0.25, -0.2) is 0 Å². The number of Topliss-reactive ketones (excluding diaryl/α,β-unsaturated/α-hetero) is 1. The second kappa shape index (κ2) is 7.41. The molecule has 4 aliphatic rings. The van der Waals surface area contributed by atoms with Crippen LogP contribution in [0.15, 0.2) is 29.2 Å². The van der Waals surface area contributed by atoms with Crippen LogP contribution < -0.4 is 0 Å². The van der Waals surface area contributed by atoms with Crippen molar-refractivity contribution >= 4 is 15.9 Å². The van der Waals surface area contributed by atoms with E-state index in [1.54, 1.807) is 12.1 Å². The summed E-state index contributed by atoms with van der Waals surface area (Å²) in [5.41, 5.74) is 1.52. The quantitative estimate of drug-likeness (QED) is 0.563. The number of hydrogen-bond donors (Lipinski definition) is 0. The molecule has 0 aliphatic heterocycles. The van der Waals surface area contributed by atoms with Crippen molar-refractivity contribution in [1.82, 2.24) is 0 Å². The largest absolute Gasteiger partial charge is 0.300 e. The van der Waals surface area contributed by atoms with Gasteiger partial charge < -0.3 is 0 Å². The summed E-state index contributed by atoms with van der Waals surface area (Å²) in [4.78, 5) is 12.5. The van der Waals surface area contributed by atoms with Gasteiger partial charge in [0.15, 0.2) is 0 Å². The Hall–Kier alpha value is -1.20. The van der Waals surface area contributed by atoms with E-state index in [2.05, 4.69) is 13.8 Å². The van der Waals surface area contributed by atoms with Gasteiger partial charge in [-0.05, 0) is 98.5 Å². The Labute approximate surface area is 187 Å². The van der Waals surface area contributed by atoms with Crippen LogP contribution in [0.3, 0.4) is 0 Å². The third-order valence-corrected chi connectivity index (χ3v) is 11.1. The van der Waals surface area contributed by atoms with Crippen molar-refractivity contribution in [1.29, 1.82) is 0 Å². The van der Waals surface area contributed by atoms with Gasteiger partial charge >= 0.3 is 0 Å². The Morgan fingerprint density at radius 3 is 2.45 bits per heavy atom. The van der Waals surface area contributed by atoms with Gasteiger partial charge in [0.1, 0.15) is 5.78 Å². The average molecular weight is 445 g/mol. The molecule has 7 atom stereocenters. The van der Waals surface area contributed by atoms with Gasteiger partial charge in [0, 0.05) is 12.8 Å². The molecule has 0 N–H and O–H groups in total. The molecular weight excluding hydrogens is 408 g/mol. The molecule has 0 aromatic heterocycles. The van der Waals surface area contributed by atoms with Gasteiger partial charge in [-0.2, -0.15) is 8.42 Å². The van der Waals surface area contributed by atoms with Crippen LogP contribution in [0, 0.1) is 41.4 Å². The zero-order valence-corrected chi connectivity index (χ0v) is 19.9. The zero-order valence-electron chi connectivity index (χ0n) is 19.1. The summed E-state index contributed by atoms with van der Waals surface area (Å²) in [6.07, 6.45) is 8.77. The van der Waals surface area contributed by atoms with E-state index in [1.807, 2.05) is 19.1 Å². The van der Waals surface area contributed by atoms with Gasteiger partial charge in [0.05, 0.1) is 11.0 Å². The van der Waals surface area contributed by atoms with Crippen LogP contribution in [-0.4, -0.2) is 20.3 Å². The number of carbonyl (C=O) groups excluding carboxylic acids is 1. The maximum Gasteiger partial charge on any atom is 0.297 e. The molecule has 0 radical (unpaired) electrons. The Kier molecular flexibility index (Phi) is 5.17. The molecule has 31 heavy (non-hydrogen) atoms. The SMILES string of the molecule is Cc1ccc(S(=O)(=O)O[C@H]2CC[C@@]3(C)[C@@H](CC[C@@H]4[C@H]5CC(=O)C[C@@]5(C)CC[C@H]43)C2)cc1. The van der Waals surface area contributed by atoms with E-state index in [4.69, 9.17) is 4.18 Å². The Balaban J connectivity index is 1.30. The Morgan fingerprint density at radius 1 is 0.968 bits per heavy atom. The monoisotopic (exact) mass is 444 g/mol. The van der Waals surface area contributed by atoms with E-state index in [-0.39, 0.29) is 21.8 Å². The number of fused-ring (bicyclic) bond motifs is 5. The van der Waals surface area contributed by atoms with Crippen LogP contribution in [-0.2, 0) is 19.1 Å². The maximum absolute atomic E-state index is 12.8. The third-order valence-electron chi connectivity index (χ3n) is 9.76. The van der Waals surface area contributed by atoms with Crippen LogP contribution in [0.4, 0.5) is 0 Å².